The topological polar surface area (TPSA) is 54.4 Å². The highest BCUT2D eigenvalue weighted by Gasteiger charge is 2.17. The van der Waals surface area contributed by atoms with Crippen molar-refractivity contribution < 1.29 is 9.84 Å². The third-order valence-electron chi connectivity index (χ3n) is 3.67. The predicted molar refractivity (Wildman–Crippen MR) is 74.9 cm³/mol. The van der Waals surface area contributed by atoms with Crippen LogP contribution < -0.4 is 5.32 Å². The van der Waals surface area contributed by atoms with Gasteiger partial charge in [0, 0.05) is 25.0 Å². The molecule has 2 N–H and O–H groups in total. The lowest BCUT2D eigenvalue weighted by Crippen LogP contribution is -2.33. The van der Waals surface area contributed by atoms with Gasteiger partial charge in [-0.2, -0.15) is 0 Å². The number of rotatable bonds is 7. The molecular weight excluding hydrogens is 240 g/mol. The molecule has 1 aromatic heterocycles. The Morgan fingerprint density at radius 2 is 2.26 bits per heavy atom. The van der Waals surface area contributed by atoms with Gasteiger partial charge in [0.1, 0.15) is 0 Å². The Balaban J connectivity index is 1.64. The predicted octanol–water partition coefficient (Wildman–Crippen LogP) is 2.05. The summed E-state index contributed by atoms with van der Waals surface area (Å²) in [5.41, 5.74) is 1.13. The number of aliphatic hydroxyl groups excluding tert-OH is 1. The first-order chi connectivity index (χ1) is 9.25. The molecular formula is C15H24N2O2. The van der Waals surface area contributed by atoms with Crippen molar-refractivity contribution in [2.75, 3.05) is 13.2 Å². The molecule has 4 heteroatoms. The quantitative estimate of drug-likeness (QED) is 0.791. The van der Waals surface area contributed by atoms with Crippen LogP contribution >= 0.6 is 0 Å². The van der Waals surface area contributed by atoms with Crippen LogP contribution in [0.2, 0.25) is 0 Å². The summed E-state index contributed by atoms with van der Waals surface area (Å²) in [7, 11) is 0. The fourth-order valence-corrected chi connectivity index (χ4v) is 2.42. The van der Waals surface area contributed by atoms with Gasteiger partial charge in [0.05, 0.1) is 18.8 Å². The van der Waals surface area contributed by atoms with E-state index in [0.29, 0.717) is 19.3 Å². The minimum absolute atomic E-state index is 0.190. The molecule has 0 aromatic carbocycles. The molecule has 1 saturated carbocycles. The molecule has 2 atom stereocenters. The fraction of sp³-hybridized carbons (Fsp3) is 0.667. The minimum Gasteiger partial charge on any atom is -0.389 e. The molecule has 1 heterocycles. The molecule has 0 radical (unpaired) electrons. The van der Waals surface area contributed by atoms with E-state index in [4.69, 9.17) is 4.74 Å². The lowest BCUT2D eigenvalue weighted by molar-refractivity contribution is -0.00610. The smallest absolute Gasteiger partial charge is 0.0898 e. The molecule has 1 fully saturated rings. The normalized spacial score (nSPS) is 19.5. The summed E-state index contributed by atoms with van der Waals surface area (Å²) in [5, 5.41) is 13.2. The van der Waals surface area contributed by atoms with Crippen LogP contribution in [-0.4, -0.2) is 35.5 Å². The zero-order valence-electron chi connectivity index (χ0n) is 11.6. The van der Waals surface area contributed by atoms with Gasteiger partial charge in [0.25, 0.3) is 0 Å². The molecule has 106 valence electrons. The van der Waals surface area contributed by atoms with Gasteiger partial charge < -0.3 is 15.2 Å². The van der Waals surface area contributed by atoms with Crippen molar-refractivity contribution >= 4 is 0 Å². The van der Waals surface area contributed by atoms with Crippen molar-refractivity contribution in [3.05, 3.63) is 30.1 Å². The SMILES string of the molecule is C[C@@H](NCC(O)COC1CCCC1)c1cccnc1. The zero-order valence-corrected chi connectivity index (χ0v) is 11.6. The van der Waals surface area contributed by atoms with E-state index in [1.54, 1.807) is 6.20 Å². The maximum atomic E-state index is 9.90. The highest BCUT2D eigenvalue weighted by atomic mass is 16.5. The van der Waals surface area contributed by atoms with Crippen molar-refractivity contribution in [1.82, 2.24) is 10.3 Å². The summed E-state index contributed by atoms with van der Waals surface area (Å²) in [6.07, 6.45) is 8.34. The van der Waals surface area contributed by atoms with Gasteiger partial charge in [0.2, 0.25) is 0 Å². The number of pyridine rings is 1. The highest BCUT2D eigenvalue weighted by molar-refractivity contribution is 5.12. The Bertz CT molecular complexity index is 352. The summed E-state index contributed by atoms with van der Waals surface area (Å²) in [6.45, 7) is 3.04. The monoisotopic (exact) mass is 264 g/mol. The lowest BCUT2D eigenvalue weighted by atomic mass is 10.1. The standard InChI is InChI=1S/C15H24N2O2/c1-12(13-5-4-8-16-9-13)17-10-14(18)11-19-15-6-2-3-7-15/h4-5,8-9,12,14-15,17-18H,2-3,6-7,10-11H2,1H3/t12-,14?/m1/s1. The Morgan fingerprint density at radius 3 is 2.95 bits per heavy atom. The number of nitrogens with one attached hydrogen (secondary N) is 1. The lowest BCUT2D eigenvalue weighted by Gasteiger charge is -2.19. The zero-order chi connectivity index (χ0) is 13.5. The van der Waals surface area contributed by atoms with Gasteiger partial charge in [-0.05, 0) is 31.4 Å². The first-order valence-corrected chi connectivity index (χ1v) is 7.18. The number of ether oxygens (including phenoxy) is 1. The second-order valence-electron chi connectivity index (χ2n) is 5.31. The van der Waals surface area contributed by atoms with Crippen LogP contribution in [0.4, 0.5) is 0 Å². The molecule has 19 heavy (non-hydrogen) atoms. The number of nitrogens with zero attached hydrogens (tertiary/aromatic N) is 1. The van der Waals surface area contributed by atoms with Crippen LogP contribution in [0.3, 0.4) is 0 Å². The summed E-state index contributed by atoms with van der Waals surface area (Å²) >= 11 is 0. The van der Waals surface area contributed by atoms with Crippen molar-refractivity contribution in [3.63, 3.8) is 0 Å². The second kappa shape index (κ2) is 7.58. The number of aromatic nitrogens is 1. The molecule has 1 aromatic rings. The Morgan fingerprint density at radius 1 is 1.47 bits per heavy atom. The first-order valence-electron chi connectivity index (χ1n) is 7.18. The van der Waals surface area contributed by atoms with Crippen molar-refractivity contribution in [1.29, 1.82) is 0 Å². The molecule has 0 aliphatic heterocycles. The number of aliphatic hydroxyl groups is 1. The van der Waals surface area contributed by atoms with Gasteiger partial charge in [-0.1, -0.05) is 18.9 Å². The molecule has 0 spiro atoms. The van der Waals surface area contributed by atoms with Gasteiger partial charge in [-0.25, -0.2) is 0 Å². The van der Waals surface area contributed by atoms with Gasteiger partial charge in [-0.3, -0.25) is 4.98 Å². The summed E-state index contributed by atoms with van der Waals surface area (Å²) in [5.74, 6) is 0. The Kier molecular flexibility index (Phi) is 5.76. The van der Waals surface area contributed by atoms with Gasteiger partial charge in [-0.15, -0.1) is 0 Å². The van der Waals surface area contributed by atoms with E-state index >= 15 is 0 Å². The van der Waals surface area contributed by atoms with Crippen molar-refractivity contribution in [3.8, 4) is 0 Å². The van der Waals surface area contributed by atoms with Crippen LogP contribution in [0.25, 0.3) is 0 Å². The Labute approximate surface area is 115 Å². The van der Waals surface area contributed by atoms with E-state index in [0.717, 1.165) is 18.4 Å². The van der Waals surface area contributed by atoms with E-state index in [9.17, 15) is 5.11 Å². The van der Waals surface area contributed by atoms with E-state index < -0.39 is 6.10 Å². The minimum atomic E-state index is -0.445. The molecule has 1 aliphatic rings. The molecule has 0 bridgehead atoms. The molecule has 0 saturated heterocycles. The van der Waals surface area contributed by atoms with E-state index in [-0.39, 0.29) is 6.04 Å². The fourth-order valence-electron chi connectivity index (χ4n) is 2.42. The first kappa shape index (κ1) is 14.4. The third-order valence-corrected chi connectivity index (χ3v) is 3.67. The molecule has 1 unspecified atom stereocenters. The average Bonchev–Trinajstić information content (AvgIpc) is 2.96. The maximum absolute atomic E-state index is 9.90. The summed E-state index contributed by atoms with van der Waals surface area (Å²) in [6, 6.07) is 4.15. The highest BCUT2D eigenvalue weighted by Crippen LogP contribution is 2.20. The summed E-state index contributed by atoms with van der Waals surface area (Å²) < 4.78 is 5.70. The van der Waals surface area contributed by atoms with Gasteiger partial charge >= 0.3 is 0 Å². The second-order valence-corrected chi connectivity index (χ2v) is 5.31. The summed E-state index contributed by atoms with van der Waals surface area (Å²) in [4.78, 5) is 4.09. The van der Waals surface area contributed by atoms with E-state index in [1.165, 1.54) is 12.8 Å². The van der Waals surface area contributed by atoms with Crippen molar-refractivity contribution in [2.24, 2.45) is 0 Å². The van der Waals surface area contributed by atoms with Crippen LogP contribution in [0.15, 0.2) is 24.5 Å². The Hall–Kier alpha value is -0.970. The van der Waals surface area contributed by atoms with Crippen LogP contribution in [0, 0.1) is 0 Å². The maximum Gasteiger partial charge on any atom is 0.0898 e. The largest absolute Gasteiger partial charge is 0.389 e. The van der Waals surface area contributed by atoms with Crippen LogP contribution in [0.5, 0.6) is 0 Å². The molecule has 4 nitrogen and oxygen atoms in total. The van der Waals surface area contributed by atoms with Gasteiger partial charge in [0.15, 0.2) is 0 Å². The van der Waals surface area contributed by atoms with E-state index in [2.05, 4.69) is 17.2 Å². The molecule has 0 amide bonds. The number of hydrogen-bond acceptors (Lipinski definition) is 4. The molecule has 2 rings (SSSR count). The number of hydrogen-bond donors (Lipinski definition) is 2. The van der Waals surface area contributed by atoms with Crippen LogP contribution in [0.1, 0.15) is 44.2 Å². The third kappa shape index (κ3) is 4.90. The van der Waals surface area contributed by atoms with E-state index in [1.807, 2.05) is 18.3 Å². The average molecular weight is 264 g/mol. The van der Waals surface area contributed by atoms with Crippen molar-refractivity contribution in [2.45, 2.75) is 50.9 Å². The van der Waals surface area contributed by atoms with Crippen LogP contribution in [-0.2, 0) is 4.74 Å². The molecule has 1 aliphatic carbocycles.